The summed E-state index contributed by atoms with van der Waals surface area (Å²) in [4.78, 5) is 10.6. The molecule has 1 aliphatic heterocycles. The summed E-state index contributed by atoms with van der Waals surface area (Å²) in [5.41, 5.74) is 1.37. The molecule has 3 heterocycles. The first-order valence-electron chi connectivity index (χ1n) is 6.90. The summed E-state index contributed by atoms with van der Waals surface area (Å²) in [6, 6.07) is 5.72. The number of nitrogens with zero attached hydrogens (tertiary/aromatic N) is 3. The Labute approximate surface area is 128 Å². The van der Waals surface area contributed by atoms with E-state index in [9.17, 15) is 0 Å². The molecule has 1 aliphatic rings. The average Bonchev–Trinajstić information content (AvgIpc) is 2.95. The molecule has 3 rings (SSSR count). The summed E-state index contributed by atoms with van der Waals surface area (Å²) >= 11 is 1.43. The Morgan fingerprint density at radius 2 is 2.10 bits per heavy atom. The van der Waals surface area contributed by atoms with Gasteiger partial charge in [0, 0.05) is 25.5 Å². The third-order valence-electron chi connectivity index (χ3n) is 3.25. The lowest BCUT2D eigenvalue weighted by molar-refractivity contribution is 0.361. The maximum absolute atomic E-state index is 5.76. The topological polar surface area (TPSA) is 42.2 Å². The van der Waals surface area contributed by atoms with E-state index in [0.717, 1.165) is 30.4 Å². The molecule has 4 nitrogen and oxygen atoms in total. The zero-order valence-corrected chi connectivity index (χ0v) is 12.7. The molecule has 5 heteroatoms. The zero-order chi connectivity index (χ0) is 14.5. The van der Waals surface area contributed by atoms with Crippen LogP contribution in [0.1, 0.15) is 12.2 Å². The first-order chi connectivity index (χ1) is 10.3. The standard InChI is InChI=1S/C16H17N3OS/c1-19-11-7-13(8-12-19)3-4-14-5-6-15(20-14)21-16-17-9-2-10-18-16/h2-7,9-10H,8,11-12H2,1H3/b4-3+. The first kappa shape index (κ1) is 14.1. The van der Waals surface area contributed by atoms with Gasteiger partial charge in [-0.1, -0.05) is 12.2 Å². The minimum Gasteiger partial charge on any atom is -0.450 e. The smallest absolute Gasteiger partial charge is 0.195 e. The van der Waals surface area contributed by atoms with Gasteiger partial charge in [0.1, 0.15) is 5.76 Å². The highest BCUT2D eigenvalue weighted by Gasteiger charge is 2.06. The lowest BCUT2D eigenvalue weighted by Crippen LogP contribution is -2.23. The highest BCUT2D eigenvalue weighted by atomic mass is 32.2. The van der Waals surface area contributed by atoms with E-state index in [2.05, 4.69) is 34.1 Å². The maximum Gasteiger partial charge on any atom is 0.195 e. The summed E-state index contributed by atoms with van der Waals surface area (Å²) in [5, 5.41) is 1.50. The van der Waals surface area contributed by atoms with Crippen LogP contribution in [0.3, 0.4) is 0 Å². The fourth-order valence-corrected chi connectivity index (χ4v) is 2.71. The van der Waals surface area contributed by atoms with Crippen LogP contribution in [0, 0.1) is 0 Å². The quantitative estimate of drug-likeness (QED) is 0.808. The number of aromatic nitrogens is 2. The van der Waals surface area contributed by atoms with Gasteiger partial charge in [-0.2, -0.15) is 0 Å². The van der Waals surface area contributed by atoms with Gasteiger partial charge in [-0.3, -0.25) is 0 Å². The lowest BCUT2D eigenvalue weighted by Gasteiger charge is -2.20. The minimum atomic E-state index is 0.695. The van der Waals surface area contributed by atoms with Gasteiger partial charge in [-0.25, -0.2) is 9.97 Å². The zero-order valence-electron chi connectivity index (χ0n) is 11.9. The second-order valence-corrected chi connectivity index (χ2v) is 5.89. The summed E-state index contributed by atoms with van der Waals surface area (Å²) in [6.07, 6.45) is 11.0. The molecule has 0 bridgehead atoms. The monoisotopic (exact) mass is 299 g/mol. The van der Waals surface area contributed by atoms with E-state index >= 15 is 0 Å². The molecule has 0 fully saturated rings. The van der Waals surface area contributed by atoms with Gasteiger partial charge in [0.05, 0.1) is 0 Å². The largest absolute Gasteiger partial charge is 0.450 e. The highest BCUT2D eigenvalue weighted by Crippen LogP contribution is 2.26. The Hall–Kier alpha value is -1.85. The molecule has 108 valence electrons. The van der Waals surface area contributed by atoms with Gasteiger partial charge in [-0.05, 0) is 55.1 Å². The van der Waals surface area contributed by atoms with Crippen molar-refractivity contribution in [1.82, 2.24) is 14.9 Å². The lowest BCUT2D eigenvalue weighted by atomic mass is 10.1. The third kappa shape index (κ3) is 4.06. The van der Waals surface area contributed by atoms with E-state index < -0.39 is 0 Å². The predicted molar refractivity (Wildman–Crippen MR) is 84.1 cm³/mol. The van der Waals surface area contributed by atoms with Crippen molar-refractivity contribution in [3.05, 3.63) is 54.1 Å². The van der Waals surface area contributed by atoms with E-state index in [1.165, 1.54) is 17.3 Å². The van der Waals surface area contributed by atoms with E-state index in [0.29, 0.717) is 5.16 Å². The van der Waals surface area contributed by atoms with Crippen molar-refractivity contribution in [3.8, 4) is 0 Å². The molecule has 0 atom stereocenters. The van der Waals surface area contributed by atoms with Crippen LogP contribution in [0.15, 0.2) is 63.0 Å². The number of hydrogen-bond donors (Lipinski definition) is 0. The fraction of sp³-hybridized carbons (Fsp3) is 0.250. The number of allylic oxidation sites excluding steroid dienone is 1. The molecule has 0 spiro atoms. The molecular weight excluding hydrogens is 282 g/mol. The molecule has 2 aromatic rings. The molecule has 0 saturated heterocycles. The Balaban J connectivity index is 1.63. The number of hydrogen-bond acceptors (Lipinski definition) is 5. The summed E-state index contributed by atoms with van der Waals surface area (Å²) < 4.78 is 5.76. The van der Waals surface area contributed by atoms with Crippen LogP contribution in [0.25, 0.3) is 6.08 Å². The van der Waals surface area contributed by atoms with Crippen LogP contribution in [-0.4, -0.2) is 35.0 Å². The minimum absolute atomic E-state index is 0.695. The molecule has 0 aliphatic carbocycles. The van der Waals surface area contributed by atoms with Crippen molar-refractivity contribution in [2.24, 2.45) is 0 Å². The van der Waals surface area contributed by atoms with Crippen LogP contribution in [0.4, 0.5) is 0 Å². The van der Waals surface area contributed by atoms with Gasteiger partial charge in [0.2, 0.25) is 0 Å². The molecule has 0 saturated carbocycles. The van der Waals surface area contributed by atoms with Gasteiger partial charge < -0.3 is 9.32 Å². The molecule has 21 heavy (non-hydrogen) atoms. The van der Waals surface area contributed by atoms with Crippen LogP contribution in [0.2, 0.25) is 0 Å². The normalized spacial score (nSPS) is 16.3. The average molecular weight is 299 g/mol. The first-order valence-corrected chi connectivity index (χ1v) is 7.71. The van der Waals surface area contributed by atoms with Gasteiger partial charge in [-0.15, -0.1) is 0 Å². The molecule has 0 N–H and O–H groups in total. The third-order valence-corrected chi connectivity index (χ3v) is 4.06. The van der Waals surface area contributed by atoms with Crippen molar-refractivity contribution < 1.29 is 4.42 Å². The Morgan fingerprint density at radius 1 is 1.24 bits per heavy atom. The molecule has 0 aromatic carbocycles. The second kappa shape index (κ2) is 6.74. The molecule has 0 radical (unpaired) electrons. The van der Waals surface area contributed by atoms with Crippen molar-refractivity contribution in [2.75, 3.05) is 20.1 Å². The Bertz CT molecular complexity index is 649. The number of rotatable bonds is 4. The molecular formula is C16H17N3OS. The van der Waals surface area contributed by atoms with Crippen molar-refractivity contribution in [1.29, 1.82) is 0 Å². The molecule has 2 aromatic heterocycles. The maximum atomic E-state index is 5.76. The van der Waals surface area contributed by atoms with Crippen LogP contribution < -0.4 is 0 Å². The summed E-state index contributed by atoms with van der Waals surface area (Å²) in [6.45, 7) is 2.13. The van der Waals surface area contributed by atoms with Crippen LogP contribution in [0.5, 0.6) is 0 Å². The second-order valence-electron chi connectivity index (χ2n) is 4.91. The van der Waals surface area contributed by atoms with Crippen molar-refractivity contribution in [2.45, 2.75) is 16.7 Å². The van der Waals surface area contributed by atoms with Crippen LogP contribution >= 0.6 is 11.8 Å². The van der Waals surface area contributed by atoms with Gasteiger partial charge in [0.15, 0.2) is 10.2 Å². The van der Waals surface area contributed by atoms with E-state index in [1.807, 2.05) is 18.2 Å². The van der Waals surface area contributed by atoms with E-state index in [1.54, 1.807) is 18.5 Å². The highest BCUT2D eigenvalue weighted by molar-refractivity contribution is 7.99. The summed E-state index contributed by atoms with van der Waals surface area (Å²) in [5.74, 6) is 0.855. The summed E-state index contributed by atoms with van der Waals surface area (Å²) in [7, 11) is 2.14. The van der Waals surface area contributed by atoms with Crippen LogP contribution in [-0.2, 0) is 0 Å². The number of likely N-dealkylation sites (N-methyl/N-ethyl adjacent to an activating group) is 1. The Morgan fingerprint density at radius 3 is 2.86 bits per heavy atom. The SMILES string of the molecule is CN1CC=C(/C=C/c2ccc(Sc3ncccn3)o2)CC1. The van der Waals surface area contributed by atoms with Gasteiger partial charge in [0.25, 0.3) is 0 Å². The van der Waals surface area contributed by atoms with E-state index in [4.69, 9.17) is 4.42 Å². The molecule has 0 amide bonds. The predicted octanol–water partition coefficient (Wildman–Crippen LogP) is 3.50. The number of furan rings is 1. The van der Waals surface area contributed by atoms with Crippen molar-refractivity contribution in [3.63, 3.8) is 0 Å². The molecule has 0 unspecified atom stereocenters. The van der Waals surface area contributed by atoms with E-state index in [-0.39, 0.29) is 0 Å². The van der Waals surface area contributed by atoms with Crippen molar-refractivity contribution >= 4 is 17.8 Å². The van der Waals surface area contributed by atoms with Gasteiger partial charge >= 0.3 is 0 Å². The Kier molecular flexibility index (Phi) is 4.52. The fourth-order valence-electron chi connectivity index (χ4n) is 2.03.